The Balaban J connectivity index is 0. The largest absolute Gasteiger partial charge is 0.412 e. The predicted molar refractivity (Wildman–Crippen MR) is 54.4 cm³/mol. The number of aromatic nitrogens is 1. The second kappa shape index (κ2) is 7.71. The highest BCUT2D eigenvalue weighted by Crippen LogP contribution is 2.03. The average molecular weight is 185 g/mol. The predicted octanol–water partition coefficient (Wildman–Crippen LogP) is 1.42. The fraction of sp³-hybridized carbons (Fsp3) is 0.500. The minimum atomic E-state index is -0.458. The lowest BCUT2D eigenvalue weighted by atomic mass is 10.1. The normalized spacial score (nSPS) is 9.23. The van der Waals surface area contributed by atoms with E-state index in [9.17, 15) is 0 Å². The number of rotatable bonds is 1. The molecule has 1 heterocycles. The lowest BCUT2D eigenvalue weighted by molar-refractivity contribution is 0.0765. The van der Waals surface area contributed by atoms with Crippen LogP contribution in [0.3, 0.4) is 0 Å². The Hall–Kier alpha value is -0.930. The standard InChI is InChI=1S/C5H5N.C5H12O.H2O/c1-2-4-6-5-3-1;1-4-5(2,3)6;/h1-5H;6H,4H2,1-3H3;1H2. The molecule has 0 unspecified atom stereocenters. The van der Waals surface area contributed by atoms with E-state index in [4.69, 9.17) is 5.11 Å². The van der Waals surface area contributed by atoms with Crippen molar-refractivity contribution in [2.24, 2.45) is 0 Å². The van der Waals surface area contributed by atoms with E-state index in [0.29, 0.717) is 0 Å². The summed E-state index contributed by atoms with van der Waals surface area (Å²) in [7, 11) is 0. The van der Waals surface area contributed by atoms with E-state index >= 15 is 0 Å². The Kier molecular flexibility index (Phi) is 8.65. The first-order valence-electron chi connectivity index (χ1n) is 4.13. The fourth-order valence-corrected chi connectivity index (χ4v) is 0.313. The molecule has 76 valence electrons. The van der Waals surface area contributed by atoms with Crippen molar-refractivity contribution < 1.29 is 10.6 Å². The molecule has 0 radical (unpaired) electrons. The van der Waals surface area contributed by atoms with Gasteiger partial charge in [-0.15, -0.1) is 0 Å². The average Bonchev–Trinajstić information content (AvgIpc) is 2.07. The van der Waals surface area contributed by atoms with Crippen LogP contribution < -0.4 is 0 Å². The van der Waals surface area contributed by atoms with Crippen LogP contribution in [0, 0.1) is 0 Å². The number of aliphatic hydroxyl groups is 1. The van der Waals surface area contributed by atoms with Crippen LogP contribution in [0.2, 0.25) is 0 Å². The Labute approximate surface area is 79.8 Å². The molecule has 0 spiro atoms. The Morgan fingerprint density at radius 3 is 1.62 bits per heavy atom. The van der Waals surface area contributed by atoms with Crippen molar-refractivity contribution in [3.8, 4) is 0 Å². The van der Waals surface area contributed by atoms with Gasteiger partial charge in [0.2, 0.25) is 0 Å². The van der Waals surface area contributed by atoms with Gasteiger partial charge in [0.05, 0.1) is 5.60 Å². The van der Waals surface area contributed by atoms with E-state index in [1.54, 1.807) is 26.2 Å². The molecule has 0 aliphatic heterocycles. The maximum Gasteiger partial charge on any atom is 0.0589 e. The molecule has 0 aliphatic carbocycles. The van der Waals surface area contributed by atoms with Crippen LogP contribution in [-0.2, 0) is 0 Å². The highest BCUT2D eigenvalue weighted by Gasteiger charge is 2.05. The quantitative estimate of drug-likeness (QED) is 0.719. The minimum absolute atomic E-state index is 0. The van der Waals surface area contributed by atoms with Gasteiger partial charge >= 0.3 is 0 Å². The van der Waals surface area contributed by atoms with E-state index in [1.807, 2.05) is 25.1 Å². The van der Waals surface area contributed by atoms with Crippen molar-refractivity contribution in [2.75, 3.05) is 0 Å². The summed E-state index contributed by atoms with van der Waals surface area (Å²) in [5, 5.41) is 8.83. The van der Waals surface area contributed by atoms with Gasteiger partial charge in [-0.1, -0.05) is 13.0 Å². The summed E-state index contributed by atoms with van der Waals surface area (Å²) in [5.74, 6) is 0. The van der Waals surface area contributed by atoms with Crippen LogP contribution in [-0.4, -0.2) is 21.2 Å². The van der Waals surface area contributed by atoms with E-state index in [-0.39, 0.29) is 5.48 Å². The molecule has 13 heavy (non-hydrogen) atoms. The molecular formula is C10H19NO2. The third-order valence-corrected chi connectivity index (χ3v) is 1.43. The molecule has 3 nitrogen and oxygen atoms in total. The van der Waals surface area contributed by atoms with Crippen molar-refractivity contribution in [3.05, 3.63) is 30.6 Å². The highest BCUT2D eigenvalue weighted by molar-refractivity contribution is 4.88. The van der Waals surface area contributed by atoms with E-state index in [2.05, 4.69) is 4.98 Å². The first-order chi connectivity index (χ1) is 5.56. The molecule has 1 rings (SSSR count). The van der Waals surface area contributed by atoms with Crippen molar-refractivity contribution >= 4 is 0 Å². The fourth-order valence-electron chi connectivity index (χ4n) is 0.313. The molecule has 0 atom stereocenters. The van der Waals surface area contributed by atoms with Crippen LogP contribution in [0.5, 0.6) is 0 Å². The van der Waals surface area contributed by atoms with Gasteiger partial charge < -0.3 is 10.6 Å². The van der Waals surface area contributed by atoms with Crippen LogP contribution in [0.1, 0.15) is 27.2 Å². The third-order valence-electron chi connectivity index (χ3n) is 1.43. The SMILES string of the molecule is CCC(C)(C)O.O.c1ccncc1. The van der Waals surface area contributed by atoms with Gasteiger partial charge in [-0.2, -0.15) is 0 Å². The van der Waals surface area contributed by atoms with Crippen LogP contribution >= 0.6 is 0 Å². The molecule has 0 saturated heterocycles. The molecule has 0 fully saturated rings. The zero-order valence-corrected chi connectivity index (χ0v) is 8.49. The summed E-state index contributed by atoms with van der Waals surface area (Å²) in [6.45, 7) is 5.56. The molecule has 0 bridgehead atoms. The minimum Gasteiger partial charge on any atom is -0.412 e. The van der Waals surface area contributed by atoms with Gasteiger partial charge in [-0.05, 0) is 32.4 Å². The van der Waals surface area contributed by atoms with Crippen LogP contribution in [0.25, 0.3) is 0 Å². The summed E-state index contributed by atoms with van der Waals surface area (Å²) >= 11 is 0. The number of pyridine rings is 1. The number of hydrogen-bond donors (Lipinski definition) is 1. The lowest BCUT2D eigenvalue weighted by Gasteiger charge is -2.11. The molecule has 0 amide bonds. The second-order valence-electron chi connectivity index (χ2n) is 3.19. The van der Waals surface area contributed by atoms with Gasteiger partial charge in [0.1, 0.15) is 0 Å². The molecule has 3 N–H and O–H groups in total. The lowest BCUT2D eigenvalue weighted by Crippen LogP contribution is -2.15. The Bertz CT molecular complexity index is 155. The number of nitrogens with zero attached hydrogens (tertiary/aromatic N) is 1. The van der Waals surface area contributed by atoms with E-state index in [1.165, 1.54) is 0 Å². The zero-order valence-electron chi connectivity index (χ0n) is 8.49. The molecule has 0 aromatic carbocycles. The van der Waals surface area contributed by atoms with Crippen LogP contribution in [0.15, 0.2) is 30.6 Å². The van der Waals surface area contributed by atoms with Crippen molar-refractivity contribution in [1.29, 1.82) is 0 Å². The summed E-state index contributed by atoms with van der Waals surface area (Å²) in [6, 6.07) is 5.72. The monoisotopic (exact) mass is 185 g/mol. The smallest absolute Gasteiger partial charge is 0.0589 e. The van der Waals surface area contributed by atoms with Gasteiger partial charge in [0.25, 0.3) is 0 Å². The highest BCUT2D eigenvalue weighted by atomic mass is 16.3. The van der Waals surface area contributed by atoms with Crippen LogP contribution in [0.4, 0.5) is 0 Å². The van der Waals surface area contributed by atoms with Gasteiger partial charge in [0, 0.05) is 12.4 Å². The molecule has 1 aromatic rings. The molecule has 3 heteroatoms. The van der Waals surface area contributed by atoms with E-state index in [0.717, 1.165) is 6.42 Å². The second-order valence-corrected chi connectivity index (χ2v) is 3.19. The maximum absolute atomic E-state index is 8.83. The van der Waals surface area contributed by atoms with Crippen molar-refractivity contribution in [1.82, 2.24) is 4.98 Å². The topological polar surface area (TPSA) is 64.6 Å². The first-order valence-corrected chi connectivity index (χ1v) is 4.13. The summed E-state index contributed by atoms with van der Waals surface area (Å²) in [5.41, 5.74) is -0.458. The summed E-state index contributed by atoms with van der Waals surface area (Å²) in [6.07, 6.45) is 4.33. The third kappa shape index (κ3) is 14.0. The summed E-state index contributed by atoms with van der Waals surface area (Å²) in [4.78, 5) is 3.78. The first kappa shape index (κ1) is 14.6. The van der Waals surface area contributed by atoms with E-state index < -0.39 is 5.60 Å². The molecule has 1 aromatic heterocycles. The van der Waals surface area contributed by atoms with Gasteiger partial charge in [-0.3, -0.25) is 4.98 Å². The maximum atomic E-state index is 8.83. The number of hydrogen-bond acceptors (Lipinski definition) is 2. The molecule has 0 saturated carbocycles. The molecule has 0 aliphatic rings. The summed E-state index contributed by atoms with van der Waals surface area (Å²) < 4.78 is 0. The van der Waals surface area contributed by atoms with Gasteiger partial charge in [-0.25, -0.2) is 0 Å². The molecular weight excluding hydrogens is 166 g/mol. The van der Waals surface area contributed by atoms with Gasteiger partial charge in [0.15, 0.2) is 0 Å². The van der Waals surface area contributed by atoms with Crippen molar-refractivity contribution in [3.63, 3.8) is 0 Å². The Morgan fingerprint density at radius 1 is 1.15 bits per heavy atom. The Morgan fingerprint density at radius 2 is 1.54 bits per heavy atom. The van der Waals surface area contributed by atoms with Crippen molar-refractivity contribution in [2.45, 2.75) is 32.8 Å². The zero-order chi connectivity index (χ0) is 9.45.